The lowest BCUT2D eigenvalue weighted by atomic mass is 10.1. The van der Waals surface area contributed by atoms with Gasteiger partial charge in [-0.2, -0.15) is 0 Å². The van der Waals surface area contributed by atoms with Gasteiger partial charge < -0.3 is 16.0 Å². The Bertz CT molecular complexity index is 1600. The van der Waals surface area contributed by atoms with Gasteiger partial charge in [0.25, 0.3) is 17.5 Å². The van der Waals surface area contributed by atoms with Crippen LogP contribution >= 0.6 is 11.8 Å². The maximum atomic E-state index is 13.4. The van der Waals surface area contributed by atoms with E-state index in [2.05, 4.69) is 20.9 Å². The van der Waals surface area contributed by atoms with E-state index in [0.29, 0.717) is 22.0 Å². The van der Waals surface area contributed by atoms with E-state index in [4.69, 9.17) is 0 Å². The lowest BCUT2D eigenvalue weighted by molar-refractivity contribution is -0.385. The molecule has 0 aliphatic rings. The zero-order valence-corrected chi connectivity index (χ0v) is 22.6. The van der Waals surface area contributed by atoms with E-state index in [-0.39, 0.29) is 22.9 Å². The molecule has 0 bridgehead atoms. The topological polar surface area (TPSA) is 143 Å². The summed E-state index contributed by atoms with van der Waals surface area (Å²) in [4.78, 5) is 54.6. The van der Waals surface area contributed by atoms with Crippen molar-refractivity contribution in [2.45, 2.75) is 17.1 Å². The first-order chi connectivity index (χ1) is 19.8. The van der Waals surface area contributed by atoms with Gasteiger partial charge in [-0.05, 0) is 61.5 Å². The number of benzene rings is 3. The zero-order chi connectivity index (χ0) is 29.2. The largest absolute Gasteiger partial charge is 0.321 e. The molecule has 0 aliphatic carbocycles. The molecule has 11 heteroatoms. The highest BCUT2D eigenvalue weighted by Crippen LogP contribution is 2.27. The number of thioether (sulfide) groups is 1. The van der Waals surface area contributed by atoms with E-state index in [0.717, 1.165) is 0 Å². The van der Waals surface area contributed by atoms with Crippen LogP contribution in [-0.2, 0) is 9.59 Å². The maximum Gasteiger partial charge on any atom is 0.276 e. The number of carbonyl (C=O) groups excluding carboxylic acids is 3. The van der Waals surface area contributed by atoms with Crippen LogP contribution in [-0.4, -0.2) is 32.9 Å². The van der Waals surface area contributed by atoms with Gasteiger partial charge in [0.1, 0.15) is 11.5 Å². The maximum absolute atomic E-state index is 13.4. The van der Waals surface area contributed by atoms with Crippen molar-refractivity contribution >= 4 is 52.8 Å². The smallest absolute Gasteiger partial charge is 0.276 e. The Morgan fingerprint density at radius 2 is 1.63 bits per heavy atom. The van der Waals surface area contributed by atoms with Crippen LogP contribution in [0.4, 0.5) is 17.2 Å². The molecular weight excluding hydrogens is 542 g/mol. The summed E-state index contributed by atoms with van der Waals surface area (Å²) in [5.74, 6) is -1.03. The third-order valence-corrected chi connectivity index (χ3v) is 6.75. The Hall–Kier alpha value is -5.29. The normalized spacial score (nSPS) is 11.7. The Morgan fingerprint density at radius 1 is 0.902 bits per heavy atom. The number of nitro benzene ring substituents is 1. The second-order valence-corrected chi connectivity index (χ2v) is 10.1. The molecule has 3 amide bonds. The minimum Gasteiger partial charge on any atom is -0.321 e. The lowest BCUT2D eigenvalue weighted by Crippen LogP contribution is -2.30. The molecule has 0 spiro atoms. The summed E-state index contributed by atoms with van der Waals surface area (Å²) in [6.07, 6.45) is 2.84. The van der Waals surface area contributed by atoms with Crippen molar-refractivity contribution in [3.8, 4) is 0 Å². The van der Waals surface area contributed by atoms with Crippen LogP contribution in [0.3, 0.4) is 0 Å². The number of nitrogens with zero attached hydrogens (tertiary/aromatic N) is 2. The van der Waals surface area contributed by atoms with Gasteiger partial charge >= 0.3 is 0 Å². The van der Waals surface area contributed by atoms with E-state index in [1.807, 2.05) is 0 Å². The average molecular weight is 568 g/mol. The fraction of sp³-hybridized carbons (Fsp3) is 0.0667. The molecular formula is C30H25N5O5S. The van der Waals surface area contributed by atoms with Crippen LogP contribution in [0.2, 0.25) is 0 Å². The van der Waals surface area contributed by atoms with Crippen LogP contribution < -0.4 is 16.0 Å². The zero-order valence-electron chi connectivity index (χ0n) is 21.8. The Kier molecular flexibility index (Phi) is 9.57. The van der Waals surface area contributed by atoms with Crippen LogP contribution in [0.25, 0.3) is 6.08 Å². The van der Waals surface area contributed by atoms with Crippen LogP contribution in [0.1, 0.15) is 22.8 Å². The predicted molar refractivity (Wildman–Crippen MR) is 158 cm³/mol. The second kappa shape index (κ2) is 13.7. The summed E-state index contributed by atoms with van der Waals surface area (Å²) in [6, 6.07) is 26.3. The molecule has 1 atom stereocenters. The molecule has 1 unspecified atom stereocenters. The van der Waals surface area contributed by atoms with E-state index in [9.17, 15) is 24.5 Å². The first-order valence-electron chi connectivity index (χ1n) is 12.4. The highest BCUT2D eigenvalue weighted by atomic mass is 32.2. The van der Waals surface area contributed by atoms with E-state index < -0.39 is 22.0 Å². The Labute approximate surface area is 240 Å². The van der Waals surface area contributed by atoms with E-state index in [1.54, 1.807) is 92.0 Å². The fourth-order valence-electron chi connectivity index (χ4n) is 3.64. The number of amides is 3. The highest BCUT2D eigenvalue weighted by molar-refractivity contribution is 8.00. The molecule has 3 N–H and O–H groups in total. The first-order valence-corrected chi connectivity index (χ1v) is 13.3. The van der Waals surface area contributed by atoms with Crippen LogP contribution in [0.15, 0.2) is 114 Å². The number of carbonyl (C=O) groups is 3. The minimum absolute atomic E-state index is 0.146. The third kappa shape index (κ3) is 8.10. The van der Waals surface area contributed by atoms with Crippen LogP contribution in [0, 0.1) is 10.1 Å². The fourth-order valence-corrected chi connectivity index (χ4v) is 4.57. The number of aromatic nitrogens is 1. The number of nitrogens with one attached hydrogen (secondary N) is 3. The summed E-state index contributed by atoms with van der Waals surface area (Å²) in [5.41, 5.74) is 0.454. The van der Waals surface area contributed by atoms with E-state index in [1.165, 1.54) is 36.0 Å². The van der Waals surface area contributed by atoms with Gasteiger partial charge in [-0.1, -0.05) is 42.5 Å². The van der Waals surface area contributed by atoms with Crippen molar-refractivity contribution < 1.29 is 19.3 Å². The number of hydrogen-bond donors (Lipinski definition) is 3. The number of rotatable bonds is 10. The Balaban J connectivity index is 1.53. The second-order valence-electron chi connectivity index (χ2n) is 8.64. The molecule has 1 heterocycles. The molecule has 0 fully saturated rings. The number of hydrogen-bond acceptors (Lipinski definition) is 7. The van der Waals surface area contributed by atoms with Crippen molar-refractivity contribution in [2.24, 2.45) is 0 Å². The summed E-state index contributed by atoms with van der Waals surface area (Å²) < 4.78 is 0. The van der Waals surface area contributed by atoms with Gasteiger partial charge in [0.2, 0.25) is 5.91 Å². The first kappa shape index (κ1) is 28.7. The number of pyridine rings is 1. The van der Waals surface area contributed by atoms with Crippen LogP contribution in [0.5, 0.6) is 0 Å². The number of para-hydroxylation sites is 1. The molecule has 3 aromatic carbocycles. The number of nitro groups is 1. The van der Waals surface area contributed by atoms with Gasteiger partial charge in [0.15, 0.2) is 0 Å². The van der Waals surface area contributed by atoms with Gasteiger partial charge in [0.05, 0.1) is 15.7 Å². The lowest BCUT2D eigenvalue weighted by Gasteiger charge is -2.14. The molecule has 4 aromatic rings. The predicted octanol–water partition coefficient (Wildman–Crippen LogP) is 5.52. The molecule has 0 aliphatic heterocycles. The number of anilines is 2. The molecule has 4 rings (SSSR count). The van der Waals surface area contributed by atoms with Crippen molar-refractivity contribution in [1.29, 1.82) is 0 Å². The standard InChI is InChI=1S/C30H25N5O5S/c1-20(28(36)34-27-16-7-8-17-31-27)41-24-14-9-13-23(19-24)32-30(38)25(33-29(37)21-10-3-2-4-11-21)18-22-12-5-6-15-26(22)35(39)40/h2-20H,1H3,(H,32,38)(H,33,37)(H,31,34,36)/b25-18+. The van der Waals surface area contributed by atoms with Crippen molar-refractivity contribution in [3.63, 3.8) is 0 Å². The molecule has 41 heavy (non-hydrogen) atoms. The van der Waals surface area contributed by atoms with Gasteiger partial charge in [-0.25, -0.2) is 4.98 Å². The summed E-state index contributed by atoms with van der Waals surface area (Å²) in [5, 5.41) is 19.1. The van der Waals surface area contributed by atoms with Crippen molar-refractivity contribution in [3.05, 3.63) is 130 Å². The Morgan fingerprint density at radius 3 is 2.37 bits per heavy atom. The highest BCUT2D eigenvalue weighted by Gasteiger charge is 2.19. The summed E-state index contributed by atoms with van der Waals surface area (Å²) in [7, 11) is 0. The molecule has 0 radical (unpaired) electrons. The molecule has 0 saturated carbocycles. The minimum atomic E-state index is -0.685. The molecule has 206 valence electrons. The van der Waals surface area contributed by atoms with Crippen molar-refractivity contribution in [2.75, 3.05) is 10.6 Å². The summed E-state index contributed by atoms with van der Waals surface area (Å²) in [6.45, 7) is 1.75. The molecule has 0 saturated heterocycles. The van der Waals surface area contributed by atoms with Gasteiger partial charge in [-0.15, -0.1) is 11.8 Å². The molecule has 10 nitrogen and oxygen atoms in total. The quantitative estimate of drug-likeness (QED) is 0.0991. The van der Waals surface area contributed by atoms with Gasteiger partial charge in [0, 0.05) is 28.4 Å². The monoisotopic (exact) mass is 567 g/mol. The van der Waals surface area contributed by atoms with Crippen molar-refractivity contribution in [1.82, 2.24) is 10.3 Å². The summed E-state index contributed by atoms with van der Waals surface area (Å²) >= 11 is 1.29. The SMILES string of the molecule is CC(Sc1cccc(NC(=O)/C(=C\c2ccccc2[N+](=O)[O-])NC(=O)c2ccccc2)c1)C(=O)Nc1ccccn1. The van der Waals surface area contributed by atoms with E-state index >= 15 is 0 Å². The van der Waals surface area contributed by atoms with Gasteiger partial charge in [-0.3, -0.25) is 24.5 Å². The average Bonchev–Trinajstić information content (AvgIpc) is 2.98. The third-order valence-electron chi connectivity index (χ3n) is 5.65. The molecule has 1 aromatic heterocycles.